The van der Waals surface area contributed by atoms with Gasteiger partial charge in [-0.2, -0.15) is 0 Å². The van der Waals surface area contributed by atoms with Gasteiger partial charge in [-0.1, -0.05) is 29.8 Å². The molecule has 1 amide bonds. The van der Waals surface area contributed by atoms with Crippen molar-refractivity contribution < 1.29 is 9.21 Å². The predicted octanol–water partition coefficient (Wildman–Crippen LogP) is 2.85. The van der Waals surface area contributed by atoms with E-state index in [0.717, 1.165) is 17.9 Å². The number of aryl methyl sites for hydroxylation is 4. The Morgan fingerprint density at radius 3 is 2.50 bits per heavy atom. The summed E-state index contributed by atoms with van der Waals surface area (Å²) in [6.45, 7) is 6.14. The number of aromatic nitrogens is 1. The summed E-state index contributed by atoms with van der Waals surface area (Å²) in [6, 6.07) is 8.25. The van der Waals surface area contributed by atoms with Crippen molar-refractivity contribution in [2.24, 2.45) is 0 Å². The summed E-state index contributed by atoms with van der Waals surface area (Å²) in [5.74, 6) is 1.39. The van der Waals surface area contributed by atoms with E-state index in [1.165, 1.54) is 11.1 Å². The second kappa shape index (κ2) is 6.37. The summed E-state index contributed by atoms with van der Waals surface area (Å²) in [4.78, 5) is 16.0. The maximum atomic E-state index is 11.8. The highest BCUT2D eigenvalue weighted by Crippen LogP contribution is 2.09. The monoisotopic (exact) mass is 272 g/mol. The molecule has 0 atom stereocenters. The number of hydrogen-bond acceptors (Lipinski definition) is 3. The van der Waals surface area contributed by atoms with Gasteiger partial charge < -0.3 is 9.73 Å². The summed E-state index contributed by atoms with van der Waals surface area (Å²) in [7, 11) is 0. The number of hydrogen-bond donors (Lipinski definition) is 1. The zero-order valence-corrected chi connectivity index (χ0v) is 12.2. The summed E-state index contributed by atoms with van der Waals surface area (Å²) in [6.07, 6.45) is 1.23. The highest BCUT2D eigenvalue weighted by molar-refractivity contribution is 5.76. The predicted molar refractivity (Wildman–Crippen MR) is 77.3 cm³/mol. The molecule has 106 valence electrons. The Labute approximate surface area is 119 Å². The highest BCUT2D eigenvalue weighted by atomic mass is 16.4. The van der Waals surface area contributed by atoms with Crippen LogP contribution in [0.5, 0.6) is 0 Å². The number of amides is 1. The summed E-state index contributed by atoms with van der Waals surface area (Å²) in [5, 5.41) is 2.86. The van der Waals surface area contributed by atoms with Crippen LogP contribution in [0, 0.1) is 20.8 Å². The van der Waals surface area contributed by atoms with Crippen molar-refractivity contribution in [2.45, 2.75) is 40.2 Å². The Bertz CT molecular complexity index is 585. The molecule has 2 rings (SSSR count). The van der Waals surface area contributed by atoms with Gasteiger partial charge in [-0.3, -0.25) is 4.79 Å². The molecule has 0 bridgehead atoms. The Morgan fingerprint density at radius 1 is 1.20 bits per heavy atom. The quantitative estimate of drug-likeness (QED) is 0.910. The smallest absolute Gasteiger partial charge is 0.220 e. The van der Waals surface area contributed by atoms with E-state index < -0.39 is 0 Å². The first-order valence-electron chi connectivity index (χ1n) is 6.80. The van der Waals surface area contributed by atoms with Gasteiger partial charge >= 0.3 is 0 Å². The zero-order valence-electron chi connectivity index (χ0n) is 12.2. The minimum absolute atomic E-state index is 0.0269. The van der Waals surface area contributed by atoms with E-state index >= 15 is 0 Å². The fourth-order valence-electron chi connectivity index (χ4n) is 2.02. The fourth-order valence-corrected chi connectivity index (χ4v) is 2.02. The van der Waals surface area contributed by atoms with Crippen molar-refractivity contribution >= 4 is 5.91 Å². The summed E-state index contributed by atoms with van der Waals surface area (Å²) in [5.41, 5.74) is 3.24. The van der Waals surface area contributed by atoms with Gasteiger partial charge in [-0.15, -0.1) is 0 Å². The molecule has 4 nitrogen and oxygen atoms in total. The number of nitrogens with zero attached hydrogens (tertiary/aromatic N) is 1. The van der Waals surface area contributed by atoms with Gasteiger partial charge in [0.15, 0.2) is 5.89 Å². The minimum Gasteiger partial charge on any atom is -0.444 e. The average molecular weight is 272 g/mol. The highest BCUT2D eigenvalue weighted by Gasteiger charge is 2.08. The van der Waals surface area contributed by atoms with Crippen LogP contribution in [0.4, 0.5) is 0 Å². The molecular formula is C16H20N2O2. The number of carbonyl (C=O) groups excluding carboxylic acids is 1. The van der Waals surface area contributed by atoms with Gasteiger partial charge in [-0.25, -0.2) is 4.98 Å². The van der Waals surface area contributed by atoms with Crippen molar-refractivity contribution in [2.75, 3.05) is 0 Å². The molecule has 2 aromatic rings. The first kappa shape index (κ1) is 14.3. The first-order chi connectivity index (χ1) is 9.54. The van der Waals surface area contributed by atoms with E-state index in [2.05, 4.69) is 41.5 Å². The van der Waals surface area contributed by atoms with E-state index in [9.17, 15) is 4.79 Å². The lowest BCUT2D eigenvalue weighted by Gasteiger charge is -2.04. The van der Waals surface area contributed by atoms with Gasteiger partial charge in [0, 0.05) is 13.3 Å². The van der Waals surface area contributed by atoms with Gasteiger partial charge in [0.05, 0.1) is 12.2 Å². The van der Waals surface area contributed by atoms with Crippen LogP contribution < -0.4 is 5.32 Å². The van der Waals surface area contributed by atoms with Crippen LogP contribution in [-0.2, 0) is 17.8 Å². The van der Waals surface area contributed by atoms with Crippen molar-refractivity contribution in [1.82, 2.24) is 10.3 Å². The van der Waals surface area contributed by atoms with Crippen LogP contribution in [-0.4, -0.2) is 10.9 Å². The van der Waals surface area contributed by atoms with Crippen molar-refractivity contribution in [3.63, 3.8) is 0 Å². The van der Waals surface area contributed by atoms with Crippen LogP contribution in [0.15, 0.2) is 28.7 Å². The lowest BCUT2D eigenvalue weighted by molar-refractivity contribution is -0.121. The molecule has 1 heterocycles. The number of rotatable bonds is 5. The van der Waals surface area contributed by atoms with Crippen LogP contribution in [0.25, 0.3) is 0 Å². The number of nitrogens with one attached hydrogen (secondary N) is 1. The van der Waals surface area contributed by atoms with Crippen molar-refractivity contribution in [3.8, 4) is 0 Å². The maximum Gasteiger partial charge on any atom is 0.220 e. The fraction of sp³-hybridized carbons (Fsp3) is 0.375. The van der Waals surface area contributed by atoms with Crippen LogP contribution in [0.3, 0.4) is 0 Å². The average Bonchev–Trinajstić information content (AvgIpc) is 2.74. The maximum absolute atomic E-state index is 11.8. The zero-order chi connectivity index (χ0) is 14.5. The number of carbonyl (C=O) groups is 1. The van der Waals surface area contributed by atoms with Gasteiger partial charge in [0.2, 0.25) is 5.91 Å². The summed E-state index contributed by atoms with van der Waals surface area (Å²) < 4.78 is 5.41. The molecule has 0 unspecified atom stereocenters. The van der Waals surface area contributed by atoms with E-state index in [4.69, 9.17) is 4.42 Å². The van der Waals surface area contributed by atoms with Crippen LogP contribution >= 0.6 is 0 Å². The Kier molecular flexibility index (Phi) is 4.56. The molecule has 20 heavy (non-hydrogen) atoms. The molecule has 0 spiro atoms. The minimum atomic E-state index is 0.0269. The molecule has 1 aromatic heterocycles. The van der Waals surface area contributed by atoms with E-state index in [1.807, 2.05) is 6.92 Å². The third kappa shape index (κ3) is 3.95. The van der Waals surface area contributed by atoms with Crippen LogP contribution in [0.1, 0.15) is 34.9 Å². The molecule has 1 aromatic carbocycles. The summed E-state index contributed by atoms with van der Waals surface area (Å²) >= 11 is 0. The largest absolute Gasteiger partial charge is 0.444 e. The van der Waals surface area contributed by atoms with Gasteiger partial charge in [0.1, 0.15) is 5.76 Å². The normalized spacial score (nSPS) is 10.6. The third-order valence-corrected chi connectivity index (χ3v) is 3.21. The van der Waals surface area contributed by atoms with E-state index in [-0.39, 0.29) is 5.91 Å². The topological polar surface area (TPSA) is 55.1 Å². The lowest BCUT2D eigenvalue weighted by Crippen LogP contribution is -2.23. The first-order valence-corrected chi connectivity index (χ1v) is 6.80. The Balaban J connectivity index is 1.78. The standard InChI is InChI=1S/C16H20N2O2/c1-11-4-6-14(7-5-11)8-9-16(19)17-10-15-12(2)18-13(3)20-15/h4-7H,8-10H2,1-3H3,(H,17,19). The van der Waals surface area contributed by atoms with Gasteiger partial charge in [0.25, 0.3) is 0 Å². The molecule has 0 aliphatic rings. The SMILES string of the molecule is Cc1ccc(CCC(=O)NCc2oc(C)nc2C)cc1. The van der Waals surface area contributed by atoms with E-state index in [0.29, 0.717) is 18.9 Å². The second-order valence-corrected chi connectivity index (χ2v) is 5.00. The molecule has 1 N–H and O–H groups in total. The van der Waals surface area contributed by atoms with E-state index in [1.54, 1.807) is 6.92 Å². The molecule has 4 heteroatoms. The number of oxazole rings is 1. The molecular weight excluding hydrogens is 252 g/mol. The molecule has 0 fully saturated rings. The molecule has 0 radical (unpaired) electrons. The Hall–Kier alpha value is -2.10. The second-order valence-electron chi connectivity index (χ2n) is 5.00. The number of benzene rings is 1. The van der Waals surface area contributed by atoms with Crippen molar-refractivity contribution in [3.05, 3.63) is 52.7 Å². The molecule has 0 saturated heterocycles. The molecule has 0 aliphatic carbocycles. The third-order valence-electron chi connectivity index (χ3n) is 3.21. The van der Waals surface area contributed by atoms with Gasteiger partial charge in [-0.05, 0) is 25.8 Å². The lowest BCUT2D eigenvalue weighted by atomic mass is 10.1. The van der Waals surface area contributed by atoms with Crippen molar-refractivity contribution in [1.29, 1.82) is 0 Å². The molecule has 0 aliphatic heterocycles. The molecule has 0 saturated carbocycles. The van der Waals surface area contributed by atoms with Crippen LogP contribution in [0.2, 0.25) is 0 Å². The Morgan fingerprint density at radius 2 is 1.90 bits per heavy atom.